The van der Waals surface area contributed by atoms with Crippen molar-refractivity contribution in [2.24, 2.45) is 28.6 Å². The van der Waals surface area contributed by atoms with Crippen LogP contribution >= 0.6 is 0 Å². The Labute approximate surface area is 170 Å². The lowest BCUT2D eigenvalue weighted by Crippen LogP contribution is -2.51. The molecule has 0 heterocycles. The first kappa shape index (κ1) is 20.3. The van der Waals surface area contributed by atoms with E-state index in [9.17, 15) is 9.90 Å². The van der Waals surface area contributed by atoms with E-state index in [1.54, 1.807) is 19.4 Å². The van der Waals surface area contributed by atoms with Crippen LogP contribution in [0.3, 0.4) is 0 Å². The smallest absolute Gasteiger partial charge is 0.431 e. The van der Waals surface area contributed by atoms with Gasteiger partial charge in [-0.25, -0.2) is 4.79 Å². The fraction of sp³-hybridized carbons (Fsp3) is 0.875. The lowest BCUT2D eigenvalue weighted by molar-refractivity contribution is -0.0931. The summed E-state index contributed by atoms with van der Waals surface area (Å²) in [6, 6.07) is 0. The number of hydrogen-bond donors (Lipinski definition) is 1. The van der Waals surface area contributed by atoms with Gasteiger partial charge >= 0.3 is 6.16 Å². The molecule has 3 fully saturated rings. The van der Waals surface area contributed by atoms with Crippen LogP contribution in [0.4, 0.5) is 4.79 Å². The molecule has 0 saturated heterocycles. The summed E-state index contributed by atoms with van der Waals surface area (Å²) in [5.41, 5.74) is 1.19. The molecule has 0 radical (unpaired) electrons. The molecule has 1 unspecified atom stereocenters. The summed E-state index contributed by atoms with van der Waals surface area (Å²) >= 11 is 0. The third-order valence-corrected chi connectivity index (χ3v) is 8.72. The predicted octanol–water partition coefficient (Wildman–Crippen LogP) is 5.63. The molecule has 28 heavy (non-hydrogen) atoms. The van der Waals surface area contributed by atoms with E-state index in [0.29, 0.717) is 11.3 Å². The monoisotopic (exact) mass is 390 g/mol. The van der Waals surface area contributed by atoms with Crippen molar-refractivity contribution in [1.29, 1.82) is 0 Å². The summed E-state index contributed by atoms with van der Waals surface area (Å²) in [4.78, 5) is 12.2. The molecule has 1 N–H and O–H groups in total. The summed E-state index contributed by atoms with van der Waals surface area (Å²) in [5.74, 6) is 2.21. The average molecular weight is 391 g/mol. The highest BCUT2D eigenvalue weighted by Gasteiger charge is 2.59. The molecule has 158 valence electrons. The van der Waals surface area contributed by atoms with E-state index in [1.807, 2.05) is 0 Å². The van der Waals surface area contributed by atoms with Crippen LogP contribution in [0.1, 0.15) is 85.5 Å². The predicted molar refractivity (Wildman–Crippen MR) is 109 cm³/mol. The normalized spacial score (nSPS) is 42.7. The second-order valence-electron chi connectivity index (χ2n) is 11.0. The van der Waals surface area contributed by atoms with Gasteiger partial charge in [0, 0.05) is 5.41 Å². The van der Waals surface area contributed by atoms with Crippen molar-refractivity contribution in [3.05, 3.63) is 11.6 Å². The maximum atomic E-state index is 12.2. The van der Waals surface area contributed by atoms with Gasteiger partial charge in [0.15, 0.2) is 0 Å². The van der Waals surface area contributed by atoms with E-state index in [0.717, 1.165) is 31.1 Å². The lowest BCUT2D eigenvalue weighted by atomic mass is 9.47. The number of carbonyl (C=O) groups excluding carboxylic acids is 1. The minimum absolute atomic E-state index is 0.0309. The Hall–Kier alpha value is -1.03. The molecule has 0 aliphatic heterocycles. The molecule has 4 aliphatic carbocycles. The first-order valence-corrected chi connectivity index (χ1v) is 11.4. The number of rotatable bonds is 3. The third kappa shape index (κ3) is 3.40. The minimum Gasteiger partial charge on any atom is -0.431 e. The van der Waals surface area contributed by atoms with Crippen molar-refractivity contribution in [3.63, 3.8) is 0 Å². The van der Waals surface area contributed by atoms with E-state index in [-0.39, 0.29) is 18.1 Å². The molecule has 0 aromatic carbocycles. The Bertz CT molecular complexity index is 647. The molecule has 0 aromatic rings. The maximum absolute atomic E-state index is 12.2. The Morgan fingerprint density at radius 3 is 2.71 bits per heavy atom. The lowest BCUT2D eigenvalue weighted by Gasteiger charge is -2.58. The zero-order chi connectivity index (χ0) is 20.2. The average Bonchev–Trinajstić information content (AvgIpc) is 2.95. The van der Waals surface area contributed by atoms with Crippen LogP contribution in [0.5, 0.6) is 0 Å². The van der Waals surface area contributed by atoms with Crippen LogP contribution < -0.4 is 0 Å². The van der Waals surface area contributed by atoms with Crippen molar-refractivity contribution in [2.45, 2.75) is 97.2 Å². The van der Waals surface area contributed by atoms with E-state index in [1.165, 1.54) is 38.5 Å². The second kappa shape index (κ2) is 7.04. The van der Waals surface area contributed by atoms with Gasteiger partial charge in [-0.2, -0.15) is 0 Å². The van der Waals surface area contributed by atoms with Crippen LogP contribution in [-0.2, 0) is 9.47 Å². The highest BCUT2D eigenvalue weighted by Crippen LogP contribution is 2.65. The van der Waals surface area contributed by atoms with Crippen LogP contribution in [0.15, 0.2) is 11.6 Å². The van der Waals surface area contributed by atoms with E-state index in [4.69, 9.17) is 9.47 Å². The quantitative estimate of drug-likeness (QED) is 0.501. The number of carbonyl (C=O) groups is 1. The topological polar surface area (TPSA) is 55.8 Å². The maximum Gasteiger partial charge on any atom is 0.508 e. The van der Waals surface area contributed by atoms with E-state index < -0.39 is 11.8 Å². The van der Waals surface area contributed by atoms with Gasteiger partial charge in [0.1, 0.15) is 12.7 Å². The van der Waals surface area contributed by atoms with Gasteiger partial charge in [0.2, 0.25) is 0 Å². The van der Waals surface area contributed by atoms with Crippen molar-refractivity contribution in [3.8, 4) is 0 Å². The molecule has 4 heteroatoms. The zero-order valence-corrected chi connectivity index (χ0v) is 18.1. The Balaban J connectivity index is 1.46. The fourth-order valence-corrected chi connectivity index (χ4v) is 7.28. The second-order valence-corrected chi connectivity index (χ2v) is 11.0. The number of hydrogen-bond acceptors (Lipinski definition) is 4. The Morgan fingerprint density at radius 2 is 1.96 bits per heavy atom. The SMILES string of the molecule is CC(C)(O)COC(=O)OC1CC[C@H]2[C@@H]3CCC4=CCCC[C@]4(C)[C@H]3CC[C@]12C. The summed E-state index contributed by atoms with van der Waals surface area (Å²) in [6.45, 7) is 8.12. The van der Waals surface area contributed by atoms with Crippen LogP contribution in [0.25, 0.3) is 0 Å². The summed E-state index contributed by atoms with van der Waals surface area (Å²) in [6.07, 6.45) is 12.9. The first-order valence-electron chi connectivity index (χ1n) is 11.4. The summed E-state index contributed by atoms with van der Waals surface area (Å²) < 4.78 is 11.0. The van der Waals surface area contributed by atoms with Gasteiger partial charge in [-0.05, 0) is 94.8 Å². The molecule has 0 spiro atoms. The van der Waals surface area contributed by atoms with Crippen molar-refractivity contribution in [2.75, 3.05) is 6.61 Å². The summed E-state index contributed by atoms with van der Waals surface area (Å²) in [5, 5.41) is 9.78. The van der Waals surface area contributed by atoms with Gasteiger partial charge in [0.05, 0.1) is 5.60 Å². The number of ether oxygens (including phenoxy) is 2. The number of allylic oxidation sites excluding steroid dienone is 2. The van der Waals surface area contributed by atoms with Crippen LogP contribution in [0, 0.1) is 28.6 Å². The van der Waals surface area contributed by atoms with Gasteiger partial charge < -0.3 is 14.6 Å². The van der Waals surface area contributed by atoms with Crippen molar-refractivity contribution < 1.29 is 19.4 Å². The minimum atomic E-state index is -1.03. The zero-order valence-electron chi connectivity index (χ0n) is 18.1. The van der Waals surface area contributed by atoms with Crippen molar-refractivity contribution in [1.82, 2.24) is 0 Å². The molecule has 3 saturated carbocycles. The number of fused-ring (bicyclic) bond motifs is 5. The number of aliphatic hydroxyl groups is 1. The van der Waals surface area contributed by atoms with E-state index >= 15 is 0 Å². The van der Waals surface area contributed by atoms with Gasteiger partial charge in [-0.3, -0.25) is 0 Å². The van der Waals surface area contributed by atoms with Gasteiger partial charge in [0.25, 0.3) is 0 Å². The van der Waals surface area contributed by atoms with Crippen molar-refractivity contribution >= 4 is 6.16 Å². The Kier molecular flexibility index (Phi) is 5.09. The Morgan fingerprint density at radius 1 is 1.18 bits per heavy atom. The molecule has 4 aliphatic rings. The first-order chi connectivity index (χ1) is 13.1. The molecule has 4 rings (SSSR count). The molecule has 4 nitrogen and oxygen atoms in total. The highest BCUT2D eigenvalue weighted by atomic mass is 16.7. The molecular formula is C24H38O4. The third-order valence-electron chi connectivity index (χ3n) is 8.72. The fourth-order valence-electron chi connectivity index (χ4n) is 7.28. The van der Waals surface area contributed by atoms with E-state index in [2.05, 4.69) is 19.9 Å². The standard InChI is InChI=1S/C24H38O4/c1-22(2,26)15-27-21(25)28-20-11-10-18-17-9-8-16-7-5-6-13-23(16,3)19(17)12-14-24(18,20)4/h7,17-20,26H,5-6,8-15H2,1-4H3/t17-,18-,19-,20?,23-,24-/m0/s1. The molecular weight excluding hydrogens is 352 g/mol. The molecule has 0 amide bonds. The largest absolute Gasteiger partial charge is 0.508 e. The van der Waals surface area contributed by atoms with Crippen LogP contribution in [-0.4, -0.2) is 29.6 Å². The summed E-state index contributed by atoms with van der Waals surface area (Å²) in [7, 11) is 0. The molecule has 6 atom stereocenters. The van der Waals surface area contributed by atoms with Gasteiger partial charge in [-0.15, -0.1) is 0 Å². The molecule has 0 bridgehead atoms. The molecule has 0 aromatic heterocycles. The van der Waals surface area contributed by atoms with Gasteiger partial charge in [-0.1, -0.05) is 25.5 Å². The highest BCUT2D eigenvalue weighted by molar-refractivity contribution is 5.60. The van der Waals surface area contributed by atoms with Crippen LogP contribution in [0.2, 0.25) is 0 Å².